The molecule has 0 unspecified atom stereocenters. The van der Waals surface area contributed by atoms with E-state index in [1.807, 2.05) is 0 Å². The van der Waals surface area contributed by atoms with Crippen molar-refractivity contribution in [3.05, 3.63) is 12.2 Å². The molecule has 0 saturated carbocycles. The molecule has 1 rings (SSSR count). The van der Waals surface area contributed by atoms with Gasteiger partial charge in [0.15, 0.2) is 0 Å². The molecule has 1 heterocycles. The Morgan fingerprint density at radius 3 is 2.84 bits per heavy atom. The molecule has 0 aromatic carbocycles. The van der Waals surface area contributed by atoms with E-state index in [0.717, 1.165) is 0 Å². The van der Waals surface area contributed by atoms with Crippen LogP contribution < -0.4 is 9.44 Å². The molecule has 0 saturated heterocycles. The molecule has 0 aliphatic heterocycles. The predicted octanol–water partition coefficient (Wildman–Crippen LogP) is -0.294. The zero-order valence-corrected chi connectivity index (χ0v) is 11.5. The highest BCUT2D eigenvalue weighted by Crippen LogP contribution is 1.93. The first-order valence-electron chi connectivity index (χ1n) is 5.71. The largest absolute Gasteiger partial charge is 0.446 e. The van der Waals surface area contributed by atoms with Gasteiger partial charge in [0.2, 0.25) is 0 Å². The van der Waals surface area contributed by atoms with Crippen molar-refractivity contribution in [1.82, 2.24) is 24.6 Å². The number of ether oxygens (including phenoxy) is 1. The van der Waals surface area contributed by atoms with Gasteiger partial charge >= 0.3 is 16.3 Å². The summed E-state index contributed by atoms with van der Waals surface area (Å²) in [7, 11) is -3.89. The number of hydrogen-bond donors (Lipinski definition) is 3. The lowest BCUT2D eigenvalue weighted by molar-refractivity contribution is 0.121. The third-order valence-corrected chi connectivity index (χ3v) is 2.93. The summed E-state index contributed by atoms with van der Waals surface area (Å²) < 4.78 is 31.5. The maximum absolute atomic E-state index is 11.4. The van der Waals surface area contributed by atoms with Crippen molar-refractivity contribution in [3.63, 3.8) is 0 Å². The summed E-state index contributed by atoms with van der Waals surface area (Å²) in [5, 5.41) is 6.33. The summed E-state index contributed by atoms with van der Waals surface area (Å²) in [5.41, 5.74) is 0. The number of carbonyl (C=O) groups is 1. The summed E-state index contributed by atoms with van der Waals surface area (Å²) in [6, 6.07) is 0. The van der Waals surface area contributed by atoms with Crippen LogP contribution in [0, 0.1) is 0 Å². The summed E-state index contributed by atoms with van der Waals surface area (Å²) >= 11 is 0. The second kappa shape index (κ2) is 7.04. The number of aromatic nitrogens is 3. The molecule has 0 fully saturated rings. The molecule has 1 amide bonds. The lowest BCUT2D eigenvalue weighted by Gasteiger charge is -2.10. The van der Waals surface area contributed by atoms with E-state index in [0.29, 0.717) is 18.7 Å². The first kappa shape index (κ1) is 15.4. The van der Waals surface area contributed by atoms with Gasteiger partial charge in [-0.1, -0.05) is 0 Å². The lowest BCUT2D eigenvalue weighted by Crippen LogP contribution is -2.41. The fourth-order valence-electron chi connectivity index (χ4n) is 1.20. The van der Waals surface area contributed by atoms with Crippen LogP contribution in [0.1, 0.15) is 26.1 Å². The van der Waals surface area contributed by atoms with Crippen LogP contribution in [0.4, 0.5) is 4.79 Å². The molecule has 9 nitrogen and oxygen atoms in total. The van der Waals surface area contributed by atoms with E-state index < -0.39 is 16.3 Å². The number of aromatic amines is 1. The zero-order valence-electron chi connectivity index (χ0n) is 10.7. The summed E-state index contributed by atoms with van der Waals surface area (Å²) in [6.45, 7) is 3.42. The molecule has 0 aliphatic rings. The van der Waals surface area contributed by atoms with E-state index in [1.54, 1.807) is 18.6 Å². The van der Waals surface area contributed by atoms with Gasteiger partial charge in [-0.3, -0.25) is 5.10 Å². The normalized spacial score (nSPS) is 11.5. The van der Waals surface area contributed by atoms with Crippen LogP contribution in [-0.2, 0) is 21.4 Å². The van der Waals surface area contributed by atoms with Gasteiger partial charge in [-0.2, -0.15) is 18.2 Å². The Labute approximate surface area is 111 Å². The quantitative estimate of drug-likeness (QED) is 0.592. The van der Waals surface area contributed by atoms with Crippen LogP contribution in [0.15, 0.2) is 6.33 Å². The van der Waals surface area contributed by atoms with Crippen LogP contribution in [0.5, 0.6) is 0 Å². The highest BCUT2D eigenvalue weighted by Gasteiger charge is 2.15. The molecule has 0 radical (unpaired) electrons. The van der Waals surface area contributed by atoms with Crippen molar-refractivity contribution in [2.24, 2.45) is 0 Å². The molecular formula is C9H17N5O4S. The minimum atomic E-state index is -3.89. The van der Waals surface area contributed by atoms with Gasteiger partial charge in [0, 0.05) is 13.0 Å². The highest BCUT2D eigenvalue weighted by molar-refractivity contribution is 7.88. The van der Waals surface area contributed by atoms with Crippen LogP contribution in [0.25, 0.3) is 0 Å². The molecule has 108 valence electrons. The Morgan fingerprint density at radius 2 is 2.26 bits per heavy atom. The van der Waals surface area contributed by atoms with Crippen LogP contribution >= 0.6 is 0 Å². The molecular weight excluding hydrogens is 274 g/mol. The predicted molar refractivity (Wildman–Crippen MR) is 66.4 cm³/mol. The molecule has 0 bridgehead atoms. The maximum Gasteiger partial charge on any atom is 0.422 e. The van der Waals surface area contributed by atoms with Gasteiger partial charge in [0.1, 0.15) is 12.2 Å². The van der Waals surface area contributed by atoms with Crippen molar-refractivity contribution in [1.29, 1.82) is 0 Å². The van der Waals surface area contributed by atoms with Gasteiger partial charge in [-0.15, -0.1) is 0 Å². The highest BCUT2D eigenvalue weighted by atomic mass is 32.2. The number of nitrogens with one attached hydrogen (secondary N) is 3. The van der Waals surface area contributed by atoms with Gasteiger partial charge in [0.05, 0.1) is 6.10 Å². The van der Waals surface area contributed by atoms with E-state index in [-0.39, 0.29) is 12.6 Å². The van der Waals surface area contributed by atoms with Gasteiger partial charge in [0.25, 0.3) is 0 Å². The summed E-state index contributed by atoms with van der Waals surface area (Å²) in [5.74, 6) is 0.673. The fourth-order valence-corrected chi connectivity index (χ4v) is 1.95. The van der Waals surface area contributed by atoms with Crippen molar-refractivity contribution < 1.29 is 17.9 Å². The minimum Gasteiger partial charge on any atom is -0.446 e. The SMILES string of the molecule is CC(C)OC(=O)NS(=O)(=O)NCCCc1ncn[nH]1. The lowest BCUT2D eigenvalue weighted by atomic mass is 10.3. The maximum atomic E-state index is 11.4. The summed E-state index contributed by atoms with van der Waals surface area (Å²) in [4.78, 5) is 15.0. The van der Waals surface area contributed by atoms with Crippen molar-refractivity contribution in [2.75, 3.05) is 6.54 Å². The van der Waals surface area contributed by atoms with Crippen LogP contribution in [-0.4, -0.2) is 42.3 Å². The molecule has 0 aliphatic carbocycles. The summed E-state index contributed by atoms with van der Waals surface area (Å²) in [6.07, 6.45) is 1.07. The van der Waals surface area contributed by atoms with Crippen LogP contribution in [0.3, 0.4) is 0 Å². The molecule has 10 heteroatoms. The Bertz CT molecular complexity index is 485. The number of rotatable bonds is 7. The number of hydrogen-bond acceptors (Lipinski definition) is 6. The fraction of sp³-hybridized carbons (Fsp3) is 0.667. The van der Waals surface area contributed by atoms with E-state index in [9.17, 15) is 13.2 Å². The minimum absolute atomic E-state index is 0.172. The molecule has 3 N–H and O–H groups in total. The number of amides is 1. The Balaban J connectivity index is 2.25. The van der Waals surface area contributed by atoms with Gasteiger partial charge in [-0.05, 0) is 20.3 Å². The molecule has 0 atom stereocenters. The number of nitrogens with zero attached hydrogens (tertiary/aromatic N) is 2. The number of carbonyl (C=O) groups excluding carboxylic acids is 1. The third-order valence-electron chi connectivity index (χ3n) is 1.91. The molecule has 19 heavy (non-hydrogen) atoms. The van der Waals surface area contributed by atoms with Crippen molar-refractivity contribution in [3.8, 4) is 0 Å². The van der Waals surface area contributed by atoms with Crippen molar-refractivity contribution in [2.45, 2.75) is 32.8 Å². The molecule has 1 aromatic rings. The van der Waals surface area contributed by atoms with Crippen molar-refractivity contribution >= 4 is 16.3 Å². The smallest absolute Gasteiger partial charge is 0.422 e. The molecule has 0 spiro atoms. The first-order valence-corrected chi connectivity index (χ1v) is 7.19. The Hall–Kier alpha value is -1.68. The molecule has 1 aromatic heterocycles. The number of H-pyrrole nitrogens is 1. The zero-order chi connectivity index (χ0) is 14.3. The monoisotopic (exact) mass is 291 g/mol. The van der Waals surface area contributed by atoms with Gasteiger partial charge in [-0.25, -0.2) is 14.5 Å². The second-order valence-corrected chi connectivity index (χ2v) is 5.49. The second-order valence-electron chi connectivity index (χ2n) is 3.99. The Kier molecular flexibility index (Phi) is 5.70. The van der Waals surface area contributed by atoms with Crippen LogP contribution in [0.2, 0.25) is 0 Å². The Morgan fingerprint density at radius 1 is 1.53 bits per heavy atom. The van der Waals surface area contributed by atoms with E-state index in [1.165, 1.54) is 6.33 Å². The van der Waals surface area contributed by atoms with E-state index in [2.05, 4.69) is 24.6 Å². The van der Waals surface area contributed by atoms with E-state index >= 15 is 0 Å². The standard InChI is InChI=1S/C9H17N5O4S/c1-7(2)18-9(15)14-19(16,17)12-5-3-4-8-10-6-11-13-8/h6-7,12H,3-5H2,1-2H3,(H,14,15)(H,10,11,13). The third kappa shape index (κ3) is 6.72. The average molecular weight is 291 g/mol. The number of aryl methyl sites for hydroxylation is 1. The van der Waals surface area contributed by atoms with E-state index in [4.69, 9.17) is 0 Å². The van der Waals surface area contributed by atoms with Gasteiger partial charge < -0.3 is 4.74 Å². The average Bonchev–Trinajstić information content (AvgIpc) is 2.75. The first-order chi connectivity index (χ1) is 8.89. The topological polar surface area (TPSA) is 126 Å².